The number of nitrogens with one attached hydrogen (secondary N) is 1. The Morgan fingerprint density at radius 3 is 2.82 bits per heavy atom. The smallest absolute Gasteiger partial charge is 0.338 e. The first kappa shape index (κ1) is 29.2. The minimum absolute atomic E-state index is 0.0702. The van der Waals surface area contributed by atoms with Crippen LogP contribution >= 0.6 is 27.3 Å². The molecular weight excluding hydrogens is 605 g/mol. The zero-order valence-electron chi connectivity index (χ0n) is 20.8. The van der Waals surface area contributed by atoms with Crippen molar-refractivity contribution in [2.24, 2.45) is 10.9 Å². The minimum atomic E-state index is -3.06. The van der Waals surface area contributed by atoms with Crippen LogP contribution in [-0.4, -0.2) is 78.1 Å². The molecule has 3 heterocycles. The predicted octanol–water partition coefficient (Wildman–Crippen LogP) is 4.01. The van der Waals surface area contributed by atoms with Crippen LogP contribution in [0.15, 0.2) is 50.5 Å². The number of piperidine rings is 1. The highest BCUT2D eigenvalue weighted by Crippen LogP contribution is 2.38. The zero-order chi connectivity index (χ0) is 28.2. The van der Waals surface area contributed by atoms with Gasteiger partial charge in [0.05, 0.1) is 25.3 Å². The molecule has 0 aliphatic carbocycles. The normalized spacial score (nSPS) is 21.3. The number of hydrogen-bond donors (Lipinski definition) is 2. The first-order valence-electron chi connectivity index (χ1n) is 12.1. The third-order valence-corrected chi connectivity index (χ3v) is 7.50. The molecule has 1 aromatic heterocycles. The Hall–Kier alpha value is -2.81. The Labute approximate surface area is 234 Å². The number of amidine groups is 1. The lowest BCUT2D eigenvalue weighted by molar-refractivity contribution is -0.144. The second-order valence-electron chi connectivity index (χ2n) is 9.13. The molecule has 1 saturated heterocycles. The molecule has 0 spiro atoms. The van der Waals surface area contributed by atoms with E-state index in [-0.39, 0.29) is 31.9 Å². The highest BCUT2D eigenvalue weighted by Gasteiger charge is 2.42. The van der Waals surface area contributed by atoms with Gasteiger partial charge in [-0.2, -0.15) is 0 Å². The van der Waals surface area contributed by atoms with Crippen molar-refractivity contribution in [1.82, 2.24) is 15.2 Å². The molecule has 2 aliphatic rings. The summed E-state index contributed by atoms with van der Waals surface area (Å²) in [7, 11) is 0. The quantitative estimate of drug-likeness (QED) is 0.379. The number of alkyl halides is 2. The molecule has 14 heteroatoms. The van der Waals surface area contributed by atoms with Crippen molar-refractivity contribution in [3.05, 3.63) is 61.9 Å². The van der Waals surface area contributed by atoms with Gasteiger partial charge in [-0.3, -0.25) is 9.89 Å². The summed E-state index contributed by atoms with van der Waals surface area (Å²) < 4.78 is 54.2. The summed E-state index contributed by atoms with van der Waals surface area (Å²) >= 11 is 4.66. The molecule has 2 unspecified atom stereocenters. The average molecular weight is 631 g/mol. The minimum Gasteiger partial charge on any atom is -0.480 e. The van der Waals surface area contributed by atoms with Crippen LogP contribution in [0.4, 0.5) is 13.2 Å². The van der Waals surface area contributed by atoms with E-state index in [1.54, 1.807) is 18.5 Å². The van der Waals surface area contributed by atoms with Gasteiger partial charge < -0.3 is 19.9 Å². The number of thiazole rings is 1. The number of esters is 1. The number of carbonyl (C=O) groups is 2. The first-order valence-corrected chi connectivity index (χ1v) is 13.7. The van der Waals surface area contributed by atoms with Crippen LogP contribution in [0.5, 0.6) is 0 Å². The number of benzene rings is 1. The topological polar surface area (TPSA) is 113 Å². The molecule has 0 radical (unpaired) electrons. The monoisotopic (exact) mass is 630 g/mol. The molecule has 2 atom stereocenters. The predicted molar refractivity (Wildman–Crippen MR) is 140 cm³/mol. The van der Waals surface area contributed by atoms with Crippen LogP contribution in [0, 0.1) is 11.7 Å². The van der Waals surface area contributed by atoms with Crippen molar-refractivity contribution in [2.45, 2.75) is 25.3 Å². The lowest BCUT2D eigenvalue weighted by Crippen LogP contribution is -2.50. The fourth-order valence-corrected chi connectivity index (χ4v) is 5.80. The summed E-state index contributed by atoms with van der Waals surface area (Å²) in [4.78, 5) is 34.5. The van der Waals surface area contributed by atoms with Crippen LogP contribution in [0.25, 0.3) is 0 Å². The van der Waals surface area contributed by atoms with Gasteiger partial charge >= 0.3 is 11.9 Å². The number of ether oxygens (including phenoxy) is 2. The van der Waals surface area contributed by atoms with Gasteiger partial charge in [-0.25, -0.2) is 27.7 Å². The van der Waals surface area contributed by atoms with Gasteiger partial charge in [0, 0.05) is 47.2 Å². The molecular formula is C25H26BrF3N4O5S. The number of aliphatic carboxylic acids is 1. The Balaban J connectivity index is 1.72. The van der Waals surface area contributed by atoms with Gasteiger partial charge in [0.25, 0.3) is 5.92 Å². The van der Waals surface area contributed by atoms with E-state index in [2.05, 4.69) is 26.2 Å². The van der Waals surface area contributed by atoms with E-state index in [0.29, 0.717) is 26.6 Å². The SMILES string of the molecule is CCOC(=O)C1=C(CN2CC(COCC(=O)O)CC(F)(F)C2)NC(c2nccs2)=NC1c1ccc(F)cc1Br. The van der Waals surface area contributed by atoms with Crippen LogP contribution in [-0.2, 0) is 19.1 Å². The van der Waals surface area contributed by atoms with Gasteiger partial charge in [0.1, 0.15) is 18.5 Å². The molecule has 210 valence electrons. The van der Waals surface area contributed by atoms with E-state index in [1.165, 1.54) is 34.4 Å². The molecule has 1 fully saturated rings. The third-order valence-electron chi connectivity index (χ3n) is 6.03. The number of nitrogens with zero attached hydrogens (tertiary/aromatic N) is 3. The third kappa shape index (κ3) is 7.44. The van der Waals surface area contributed by atoms with E-state index >= 15 is 0 Å². The summed E-state index contributed by atoms with van der Waals surface area (Å²) in [6.07, 6.45) is 1.14. The molecule has 0 saturated carbocycles. The van der Waals surface area contributed by atoms with Gasteiger partial charge in [-0.1, -0.05) is 22.0 Å². The van der Waals surface area contributed by atoms with Crippen molar-refractivity contribution >= 4 is 45.0 Å². The Bertz CT molecular complexity index is 1270. The summed E-state index contributed by atoms with van der Waals surface area (Å²) in [5.74, 6) is -5.71. The van der Waals surface area contributed by atoms with Crippen molar-refractivity contribution < 1.29 is 37.3 Å². The van der Waals surface area contributed by atoms with E-state index in [1.807, 2.05) is 0 Å². The maximum Gasteiger partial charge on any atom is 0.338 e. The van der Waals surface area contributed by atoms with E-state index < -0.39 is 55.2 Å². The van der Waals surface area contributed by atoms with Crippen molar-refractivity contribution in [2.75, 3.05) is 39.5 Å². The number of aromatic nitrogens is 1. The number of hydrogen-bond acceptors (Lipinski definition) is 9. The summed E-state index contributed by atoms with van der Waals surface area (Å²) in [5.41, 5.74) is 0.895. The van der Waals surface area contributed by atoms with E-state index in [4.69, 9.17) is 19.6 Å². The molecule has 1 aromatic carbocycles. The number of carboxylic acid groups (broad SMARTS) is 1. The first-order chi connectivity index (χ1) is 18.6. The largest absolute Gasteiger partial charge is 0.480 e. The molecule has 2 N–H and O–H groups in total. The highest BCUT2D eigenvalue weighted by atomic mass is 79.9. The van der Waals surface area contributed by atoms with E-state index in [0.717, 1.165) is 0 Å². The standard InChI is InChI=1S/C25H26BrF3N4O5S/c1-2-38-24(36)20-18(10-33-9-14(8-25(28,29)13-33)11-37-12-19(34)35)31-22(23-30-5-6-39-23)32-21(20)16-4-3-15(27)7-17(16)26/h3-7,14,21H,2,8-13H2,1H3,(H,31,32)(H,34,35). The van der Waals surface area contributed by atoms with Gasteiger partial charge in [0.15, 0.2) is 10.8 Å². The van der Waals surface area contributed by atoms with Crippen LogP contribution in [0.3, 0.4) is 0 Å². The molecule has 39 heavy (non-hydrogen) atoms. The fraction of sp³-hybridized carbons (Fsp3) is 0.440. The number of halogens is 4. The van der Waals surface area contributed by atoms with Crippen LogP contribution in [0.2, 0.25) is 0 Å². The molecule has 0 amide bonds. The average Bonchev–Trinajstić information content (AvgIpc) is 3.38. The number of carbonyl (C=O) groups excluding carboxylic acids is 1. The number of carboxylic acids is 1. The second-order valence-corrected chi connectivity index (χ2v) is 10.9. The van der Waals surface area contributed by atoms with Gasteiger partial charge in [-0.15, -0.1) is 11.3 Å². The maximum atomic E-state index is 14.7. The Morgan fingerprint density at radius 2 is 2.15 bits per heavy atom. The molecule has 4 rings (SSSR count). The second kappa shape index (κ2) is 12.6. The molecule has 0 bridgehead atoms. The number of likely N-dealkylation sites (tertiary alicyclic amines) is 1. The zero-order valence-corrected chi connectivity index (χ0v) is 23.2. The molecule has 2 aromatic rings. The fourth-order valence-electron chi connectivity index (χ4n) is 4.64. The lowest BCUT2D eigenvalue weighted by Gasteiger charge is -2.39. The van der Waals surface area contributed by atoms with Crippen molar-refractivity contribution in [1.29, 1.82) is 0 Å². The van der Waals surface area contributed by atoms with Crippen molar-refractivity contribution in [3.63, 3.8) is 0 Å². The Kier molecular flexibility index (Phi) is 9.41. The van der Waals surface area contributed by atoms with Crippen LogP contribution < -0.4 is 5.32 Å². The van der Waals surface area contributed by atoms with Gasteiger partial charge in [0.2, 0.25) is 0 Å². The van der Waals surface area contributed by atoms with Crippen molar-refractivity contribution in [3.8, 4) is 0 Å². The highest BCUT2D eigenvalue weighted by molar-refractivity contribution is 9.10. The van der Waals surface area contributed by atoms with Gasteiger partial charge in [-0.05, 0) is 24.6 Å². The maximum absolute atomic E-state index is 14.7. The Morgan fingerprint density at radius 1 is 1.36 bits per heavy atom. The summed E-state index contributed by atoms with van der Waals surface area (Å²) in [6.45, 7) is 0.522. The molecule has 2 aliphatic heterocycles. The number of aliphatic imine (C=N–C) groups is 1. The van der Waals surface area contributed by atoms with Crippen LogP contribution in [0.1, 0.15) is 30.0 Å². The summed E-state index contributed by atoms with van der Waals surface area (Å²) in [6, 6.07) is 3.07. The van der Waals surface area contributed by atoms with E-state index in [9.17, 15) is 22.8 Å². The number of rotatable bonds is 10. The summed E-state index contributed by atoms with van der Waals surface area (Å²) in [5, 5.41) is 14.2. The lowest BCUT2D eigenvalue weighted by atomic mass is 9.93. The molecule has 9 nitrogen and oxygen atoms in total.